The van der Waals surface area contributed by atoms with Gasteiger partial charge in [0.15, 0.2) is 0 Å². The van der Waals surface area contributed by atoms with Gasteiger partial charge in [0.2, 0.25) is 0 Å². The van der Waals surface area contributed by atoms with Crippen LogP contribution in [0.2, 0.25) is 0 Å². The molecule has 0 fully saturated rings. The van der Waals surface area contributed by atoms with E-state index >= 15 is 0 Å². The average molecular weight is 80.9 g/mol. The van der Waals surface area contributed by atoms with E-state index in [1.807, 2.05) is 0 Å². The zero-order chi connectivity index (χ0) is 4.24. The van der Waals surface area contributed by atoms with Crippen LogP contribution in [-0.4, -0.2) is 26.0 Å². The Balaban J connectivity index is 2.46. The summed E-state index contributed by atoms with van der Waals surface area (Å²) in [6.07, 6.45) is 1.71. The van der Waals surface area contributed by atoms with Crippen molar-refractivity contribution >= 4 is 19.3 Å². The normalized spacial score (nSPS) is 16.0. The van der Waals surface area contributed by atoms with E-state index in [-0.39, 0.29) is 0 Å². The van der Waals surface area contributed by atoms with E-state index in [0.717, 1.165) is 0 Å². The van der Waals surface area contributed by atoms with Gasteiger partial charge >= 0.3 is 35.7 Å². The summed E-state index contributed by atoms with van der Waals surface area (Å²) < 4.78 is 4.69. The van der Waals surface area contributed by atoms with Crippen LogP contribution in [0.4, 0.5) is 0 Å². The fraction of sp³-hybridized carbons (Fsp3) is 0.333. The second-order valence-corrected chi connectivity index (χ2v) is 0.956. The van der Waals surface area contributed by atoms with Crippen LogP contribution >= 0.6 is 0 Å². The molecule has 1 rings (SSSR count). The zero-order valence-electron chi connectivity index (χ0n) is 3.29. The second-order valence-electron chi connectivity index (χ2n) is 0.956. The summed E-state index contributed by atoms with van der Waals surface area (Å²) in [7, 11) is 1.62. The molecule has 0 N–H and O–H groups in total. The molecule has 0 saturated heterocycles. The van der Waals surface area contributed by atoms with Crippen LogP contribution < -0.4 is 0 Å². The predicted octanol–water partition coefficient (Wildman–Crippen LogP) is -0.534. The Kier molecular flexibility index (Phi) is 1.05. The summed E-state index contributed by atoms with van der Waals surface area (Å²) in [4.78, 5) is 3.74. The number of aliphatic imine (C=N–C) groups is 1. The van der Waals surface area contributed by atoms with Crippen molar-refractivity contribution in [2.45, 2.75) is 0 Å². The minimum atomic E-state index is 0.483. The summed E-state index contributed by atoms with van der Waals surface area (Å²) >= 11 is 0. The first-order chi connectivity index (χ1) is 3.00. The Hall–Kier alpha value is -0.595. The zero-order valence-corrected chi connectivity index (χ0v) is 3.29. The van der Waals surface area contributed by atoms with Gasteiger partial charge in [0.25, 0.3) is 0 Å². The van der Waals surface area contributed by atoms with Gasteiger partial charge < -0.3 is 0 Å². The van der Waals surface area contributed by atoms with Gasteiger partial charge in [0.05, 0.1) is 0 Å². The molecule has 1 aliphatic rings. The van der Waals surface area contributed by atoms with Gasteiger partial charge in [-0.25, -0.2) is 0 Å². The molecule has 3 heteroatoms. The molecule has 0 radical (unpaired) electrons. The first-order valence-corrected chi connectivity index (χ1v) is 1.77. The number of nitrogens with zero attached hydrogens (tertiary/aromatic N) is 1. The van der Waals surface area contributed by atoms with Crippen LogP contribution in [0.3, 0.4) is 0 Å². The number of rotatable bonds is 0. The molecule has 0 bridgehead atoms. The van der Waals surface area contributed by atoms with Crippen molar-refractivity contribution in [2.75, 3.05) is 6.73 Å². The third-order valence-corrected chi connectivity index (χ3v) is 0.515. The second kappa shape index (κ2) is 1.75. The predicted molar refractivity (Wildman–Crippen MR) is 26.3 cm³/mol. The third kappa shape index (κ3) is 0.674. The quantitative estimate of drug-likeness (QED) is 0.359. The van der Waals surface area contributed by atoms with E-state index in [0.29, 0.717) is 6.73 Å². The summed E-state index contributed by atoms with van der Waals surface area (Å²) in [5.41, 5.74) is 0. The molecule has 6 heavy (non-hydrogen) atoms. The van der Waals surface area contributed by atoms with Gasteiger partial charge in [-0.05, 0) is 0 Å². The van der Waals surface area contributed by atoms with Crippen molar-refractivity contribution in [3.05, 3.63) is 0 Å². The molecule has 0 unspecified atom stereocenters. The van der Waals surface area contributed by atoms with Crippen LogP contribution in [0.5, 0.6) is 0 Å². The molecule has 0 saturated carbocycles. The van der Waals surface area contributed by atoms with E-state index in [1.54, 1.807) is 19.3 Å². The summed E-state index contributed by atoms with van der Waals surface area (Å²) in [6.45, 7) is 0.483. The fourth-order valence-electron chi connectivity index (χ4n) is 0.281. The molecule has 1 heterocycles. The Bertz CT molecular complexity index is 76.8. The van der Waals surface area contributed by atoms with Gasteiger partial charge in [-0.1, -0.05) is 0 Å². The summed E-state index contributed by atoms with van der Waals surface area (Å²) in [5.74, 6) is 1.75. The van der Waals surface area contributed by atoms with E-state index < -0.39 is 0 Å². The maximum absolute atomic E-state index is 4.69. The Morgan fingerprint density at radius 1 is 1.83 bits per heavy atom. The average Bonchev–Trinajstić information content (AvgIpc) is 1.72. The van der Waals surface area contributed by atoms with Crippen molar-refractivity contribution in [2.24, 2.45) is 4.99 Å². The monoisotopic (exact) mass is 81.0 g/mol. The molecular formula is C3H4BNO. The van der Waals surface area contributed by atoms with Crippen molar-refractivity contribution in [3.8, 4) is 0 Å². The molecule has 0 aromatic carbocycles. The first-order valence-electron chi connectivity index (χ1n) is 1.77. The van der Waals surface area contributed by atoms with Crippen molar-refractivity contribution in [1.82, 2.24) is 0 Å². The van der Waals surface area contributed by atoms with Crippen LogP contribution in [0.25, 0.3) is 0 Å². The van der Waals surface area contributed by atoms with Crippen molar-refractivity contribution in [1.29, 1.82) is 0 Å². The van der Waals surface area contributed by atoms with Gasteiger partial charge in [-0.2, -0.15) is 0 Å². The van der Waals surface area contributed by atoms with E-state index in [9.17, 15) is 0 Å². The number of hydrogen-bond donors (Lipinski definition) is 0. The molecule has 0 atom stereocenters. The third-order valence-electron chi connectivity index (χ3n) is 0.515. The van der Waals surface area contributed by atoms with Gasteiger partial charge in [0, 0.05) is 0 Å². The molecule has 0 amide bonds. The maximum atomic E-state index is 4.69. The molecular weight excluding hydrogens is 76.9 g/mol. The minimum absolute atomic E-state index is 0.483. The summed E-state index contributed by atoms with van der Waals surface area (Å²) in [5, 5.41) is 0. The number of hydrogen-bond acceptors (Lipinski definition) is 2. The summed E-state index contributed by atoms with van der Waals surface area (Å²) in [6, 6.07) is 0. The van der Waals surface area contributed by atoms with Crippen LogP contribution in [0, 0.1) is 0 Å². The molecule has 0 aromatic heterocycles. The van der Waals surface area contributed by atoms with E-state index in [4.69, 9.17) is 4.65 Å². The molecule has 30 valence electrons. The van der Waals surface area contributed by atoms with E-state index in [2.05, 4.69) is 4.99 Å². The van der Waals surface area contributed by atoms with Gasteiger partial charge in [-0.15, -0.1) is 0 Å². The standard InChI is InChI=1S/C3H4BNO/c1-2-5-3-6-4-1/h1-2H,3H2. The molecule has 2 nitrogen and oxygen atoms in total. The van der Waals surface area contributed by atoms with Crippen LogP contribution in [-0.2, 0) is 4.65 Å². The van der Waals surface area contributed by atoms with Crippen molar-refractivity contribution < 1.29 is 4.65 Å². The molecule has 0 spiro atoms. The SMILES string of the molecule is B1=CC=NCO1. The molecule has 0 aliphatic carbocycles. The van der Waals surface area contributed by atoms with E-state index in [1.165, 1.54) is 0 Å². The van der Waals surface area contributed by atoms with Crippen molar-refractivity contribution in [3.63, 3.8) is 0 Å². The first kappa shape index (κ1) is 3.59. The van der Waals surface area contributed by atoms with Crippen LogP contribution in [0.1, 0.15) is 0 Å². The van der Waals surface area contributed by atoms with Gasteiger partial charge in [0.1, 0.15) is 0 Å². The Morgan fingerprint density at radius 3 is 3.00 bits per heavy atom. The molecule has 1 aliphatic heterocycles. The topological polar surface area (TPSA) is 21.6 Å². The molecule has 0 aromatic rings. The Morgan fingerprint density at radius 2 is 2.83 bits per heavy atom. The van der Waals surface area contributed by atoms with Crippen LogP contribution in [0.15, 0.2) is 4.99 Å². The Labute approximate surface area is 36.8 Å². The van der Waals surface area contributed by atoms with Gasteiger partial charge in [-0.3, -0.25) is 0 Å². The fourth-order valence-corrected chi connectivity index (χ4v) is 0.281.